The molecule has 2 aromatic heterocycles. The van der Waals surface area contributed by atoms with E-state index in [0.29, 0.717) is 30.4 Å². The predicted octanol–water partition coefficient (Wildman–Crippen LogP) is 2.16. The minimum atomic E-state index is -0.789. The van der Waals surface area contributed by atoms with E-state index in [1.165, 1.54) is 0 Å². The summed E-state index contributed by atoms with van der Waals surface area (Å²) in [7, 11) is 0. The lowest BCUT2D eigenvalue weighted by Crippen LogP contribution is -2.40. The summed E-state index contributed by atoms with van der Waals surface area (Å²) < 4.78 is 10.4. The van der Waals surface area contributed by atoms with Crippen molar-refractivity contribution in [2.24, 2.45) is 0 Å². The van der Waals surface area contributed by atoms with Crippen LogP contribution in [-0.4, -0.2) is 38.7 Å². The van der Waals surface area contributed by atoms with E-state index in [9.17, 15) is 9.90 Å². The van der Waals surface area contributed by atoms with Crippen LogP contribution < -0.4 is 0 Å². The summed E-state index contributed by atoms with van der Waals surface area (Å²) in [6, 6.07) is 3.02. The zero-order valence-electron chi connectivity index (χ0n) is 11.6. The number of carboxylic acid groups (broad SMARTS) is 1. The van der Waals surface area contributed by atoms with E-state index in [1.54, 1.807) is 18.4 Å². The minimum absolute atomic E-state index is 0.352. The van der Waals surface area contributed by atoms with E-state index in [2.05, 4.69) is 10.1 Å². The average molecular weight is 291 g/mol. The largest absolute Gasteiger partial charge is 0.480 e. The molecule has 0 radical (unpaired) electrons. The molecule has 0 aliphatic carbocycles. The summed E-state index contributed by atoms with van der Waals surface area (Å²) in [5.41, 5.74) is 0. The van der Waals surface area contributed by atoms with Crippen molar-refractivity contribution in [1.29, 1.82) is 0 Å². The van der Waals surface area contributed by atoms with Gasteiger partial charge in [-0.15, -0.1) is 0 Å². The second-order valence-electron chi connectivity index (χ2n) is 5.16. The smallest absolute Gasteiger partial charge is 0.320 e. The SMILES string of the molecule is O=C(O)C1CCCCCN1Cc1nc(-c2ccco2)no1. The number of carboxylic acids is 1. The summed E-state index contributed by atoms with van der Waals surface area (Å²) in [5, 5.41) is 13.2. The average Bonchev–Trinajstić information content (AvgIpc) is 3.07. The molecule has 21 heavy (non-hydrogen) atoms. The third-order valence-corrected chi connectivity index (χ3v) is 3.70. The molecule has 3 heterocycles. The second kappa shape index (κ2) is 6.09. The van der Waals surface area contributed by atoms with Crippen LogP contribution in [0.2, 0.25) is 0 Å². The minimum Gasteiger partial charge on any atom is -0.480 e. The number of carbonyl (C=O) groups is 1. The number of likely N-dealkylation sites (tertiary alicyclic amines) is 1. The van der Waals surface area contributed by atoms with E-state index >= 15 is 0 Å². The molecule has 2 aromatic rings. The molecule has 1 fully saturated rings. The van der Waals surface area contributed by atoms with Crippen molar-refractivity contribution in [3.8, 4) is 11.6 Å². The van der Waals surface area contributed by atoms with Gasteiger partial charge in [0.2, 0.25) is 11.7 Å². The molecule has 112 valence electrons. The quantitative estimate of drug-likeness (QED) is 0.922. The van der Waals surface area contributed by atoms with Crippen LogP contribution in [0.4, 0.5) is 0 Å². The maximum absolute atomic E-state index is 11.4. The van der Waals surface area contributed by atoms with Gasteiger partial charge < -0.3 is 14.0 Å². The van der Waals surface area contributed by atoms with Crippen molar-refractivity contribution >= 4 is 5.97 Å². The second-order valence-corrected chi connectivity index (χ2v) is 5.16. The van der Waals surface area contributed by atoms with E-state index in [-0.39, 0.29) is 0 Å². The summed E-state index contributed by atoms with van der Waals surface area (Å²) in [5.74, 6) is 0.546. The van der Waals surface area contributed by atoms with Crippen molar-refractivity contribution in [3.05, 3.63) is 24.3 Å². The maximum atomic E-state index is 11.4. The number of hydrogen-bond donors (Lipinski definition) is 1. The first-order chi connectivity index (χ1) is 10.2. The van der Waals surface area contributed by atoms with E-state index < -0.39 is 12.0 Å². The van der Waals surface area contributed by atoms with Gasteiger partial charge in [0, 0.05) is 0 Å². The summed E-state index contributed by atoms with van der Waals surface area (Å²) >= 11 is 0. The Bertz CT molecular complexity index is 593. The first kappa shape index (κ1) is 13.8. The number of furan rings is 1. The van der Waals surface area contributed by atoms with E-state index in [1.807, 2.05) is 4.90 Å². The van der Waals surface area contributed by atoms with Gasteiger partial charge in [-0.25, -0.2) is 0 Å². The van der Waals surface area contributed by atoms with Crippen LogP contribution in [-0.2, 0) is 11.3 Å². The van der Waals surface area contributed by atoms with Gasteiger partial charge >= 0.3 is 5.97 Å². The first-order valence-electron chi connectivity index (χ1n) is 7.07. The Kier molecular flexibility index (Phi) is 4.01. The Morgan fingerprint density at radius 1 is 1.43 bits per heavy atom. The molecular formula is C14H17N3O4. The highest BCUT2D eigenvalue weighted by molar-refractivity contribution is 5.73. The molecule has 1 aliphatic rings. The molecule has 0 saturated carbocycles. The highest BCUT2D eigenvalue weighted by Gasteiger charge is 2.28. The number of aromatic nitrogens is 2. The third kappa shape index (κ3) is 3.13. The van der Waals surface area contributed by atoms with Crippen molar-refractivity contribution in [2.75, 3.05) is 6.54 Å². The van der Waals surface area contributed by atoms with Gasteiger partial charge in [0.1, 0.15) is 6.04 Å². The number of nitrogens with zero attached hydrogens (tertiary/aromatic N) is 3. The molecule has 3 rings (SSSR count). The molecule has 0 aromatic carbocycles. The molecule has 1 aliphatic heterocycles. The molecule has 1 saturated heterocycles. The monoisotopic (exact) mass is 291 g/mol. The van der Waals surface area contributed by atoms with Crippen LogP contribution in [0.1, 0.15) is 31.6 Å². The summed E-state index contributed by atoms with van der Waals surface area (Å²) in [6.07, 6.45) is 5.19. The highest BCUT2D eigenvalue weighted by atomic mass is 16.5. The Labute approximate surface area is 121 Å². The lowest BCUT2D eigenvalue weighted by Gasteiger charge is -2.24. The maximum Gasteiger partial charge on any atom is 0.320 e. The zero-order valence-corrected chi connectivity index (χ0v) is 11.6. The predicted molar refractivity (Wildman–Crippen MR) is 72.3 cm³/mol. The van der Waals surface area contributed by atoms with Crippen molar-refractivity contribution in [1.82, 2.24) is 15.0 Å². The van der Waals surface area contributed by atoms with Gasteiger partial charge in [-0.3, -0.25) is 9.69 Å². The van der Waals surface area contributed by atoms with Crippen LogP contribution in [0, 0.1) is 0 Å². The van der Waals surface area contributed by atoms with Gasteiger partial charge in [-0.05, 0) is 31.5 Å². The fraction of sp³-hybridized carbons (Fsp3) is 0.500. The highest BCUT2D eigenvalue weighted by Crippen LogP contribution is 2.21. The van der Waals surface area contributed by atoms with Crippen LogP contribution in [0.15, 0.2) is 27.3 Å². The van der Waals surface area contributed by atoms with Crippen LogP contribution in [0.5, 0.6) is 0 Å². The van der Waals surface area contributed by atoms with Gasteiger partial charge in [0.05, 0.1) is 12.8 Å². The Morgan fingerprint density at radius 2 is 2.33 bits per heavy atom. The zero-order chi connectivity index (χ0) is 14.7. The van der Waals surface area contributed by atoms with E-state index in [4.69, 9.17) is 8.94 Å². The third-order valence-electron chi connectivity index (χ3n) is 3.70. The van der Waals surface area contributed by atoms with E-state index in [0.717, 1.165) is 25.8 Å². The van der Waals surface area contributed by atoms with Gasteiger partial charge in [-0.2, -0.15) is 4.98 Å². The molecule has 1 unspecified atom stereocenters. The number of rotatable bonds is 4. The molecule has 1 atom stereocenters. The van der Waals surface area contributed by atoms with Crippen LogP contribution in [0.3, 0.4) is 0 Å². The Balaban J connectivity index is 1.73. The number of hydrogen-bond acceptors (Lipinski definition) is 6. The molecule has 7 heteroatoms. The van der Waals surface area contributed by atoms with Crippen LogP contribution >= 0.6 is 0 Å². The van der Waals surface area contributed by atoms with Gasteiger partial charge in [-0.1, -0.05) is 18.0 Å². The molecule has 1 N–H and O–H groups in total. The topological polar surface area (TPSA) is 92.6 Å². The molecular weight excluding hydrogens is 274 g/mol. The van der Waals surface area contributed by atoms with Crippen molar-refractivity contribution in [3.63, 3.8) is 0 Å². The normalized spacial score (nSPS) is 20.3. The fourth-order valence-electron chi connectivity index (χ4n) is 2.64. The van der Waals surface area contributed by atoms with Crippen molar-refractivity contribution in [2.45, 2.75) is 38.3 Å². The fourth-order valence-corrected chi connectivity index (χ4v) is 2.64. The van der Waals surface area contributed by atoms with Crippen molar-refractivity contribution < 1.29 is 18.8 Å². The summed E-state index contributed by atoms with van der Waals surface area (Å²) in [4.78, 5) is 17.5. The molecule has 0 bridgehead atoms. The summed E-state index contributed by atoms with van der Waals surface area (Å²) in [6.45, 7) is 1.08. The Morgan fingerprint density at radius 3 is 3.10 bits per heavy atom. The Hall–Kier alpha value is -2.15. The van der Waals surface area contributed by atoms with Gasteiger partial charge in [0.15, 0.2) is 5.76 Å². The molecule has 0 spiro atoms. The molecule has 0 amide bonds. The number of aliphatic carboxylic acids is 1. The lowest BCUT2D eigenvalue weighted by molar-refractivity contribution is -0.143. The van der Waals surface area contributed by atoms with Gasteiger partial charge in [0.25, 0.3) is 0 Å². The first-order valence-corrected chi connectivity index (χ1v) is 7.07. The lowest BCUT2D eigenvalue weighted by atomic mass is 10.1. The standard InChI is InChI=1S/C14H17N3O4/c18-14(19)10-5-2-1-3-7-17(10)9-12-15-13(16-21-12)11-6-4-8-20-11/h4,6,8,10H,1-3,5,7,9H2,(H,18,19). The molecule has 7 nitrogen and oxygen atoms in total. The van der Waals surface area contributed by atoms with Crippen LogP contribution in [0.25, 0.3) is 11.6 Å².